The molecule has 4 aromatic rings. The Kier molecular flexibility index (Phi) is 13.9. The molecule has 0 fully saturated rings. The number of hydrogen-bond donors (Lipinski definition) is 4. The highest BCUT2D eigenvalue weighted by atomic mass is 35.5. The molecule has 0 aliphatic heterocycles. The molecule has 4 aromatic carbocycles. The summed E-state index contributed by atoms with van der Waals surface area (Å²) in [6.07, 6.45) is 6.38. The Hall–Kier alpha value is -4.33. The van der Waals surface area contributed by atoms with Gasteiger partial charge in [-0.05, 0) is 72.3 Å². The number of hydroxylamine groups is 4. The lowest BCUT2D eigenvalue weighted by Crippen LogP contribution is -2.32. The zero-order valence-electron chi connectivity index (χ0n) is 23.6. The van der Waals surface area contributed by atoms with E-state index in [-0.39, 0.29) is 18.9 Å². The van der Waals surface area contributed by atoms with Gasteiger partial charge < -0.3 is 11.5 Å². The van der Waals surface area contributed by atoms with Gasteiger partial charge in [0.15, 0.2) is 0 Å². The summed E-state index contributed by atoms with van der Waals surface area (Å²) in [5.74, 6) is -0.792. The molecule has 6 N–H and O–H groups in total. The summed E-state index contributed by atoms with van der Waals surface area (Å²) in [6.45, 7) is -0.125. The van der Waals surface area contributed by atoms with Crippen LogP contribution in [0.4, 0.5) is 18.4 Å². The van der Waals surface area contributed by atoms with E-state index in [1.165, 1.54) is 42.1 Å². The molecule has 0 spiro atoms. The standard InChI is InChI=1S/C16H15ClN2O2S.C16H14F2N2O2S/c17-13-7-9-14(10-8-13)22-15-6-2-1-4-12(15)5-3-11-19(21)16(18)20;17-11-6-8-12(9-7-11)23-15-5-1-4-14(18)13(15)3-2-10-20(22)16(19)21/h1-10,21H,11H2,(H2,18,20);1-9,22H,10H2,(H2,19,21). The molecule has 0 unspecified atom stereocenters. The maximum absolute atomic E-state index is 14.0. The van der Waals surface area contributed by atoms with E-state index < -0.39 is 17.9 Å². The van der Waals surface area contributed by atoms with Gasteiger partial charge in [-0.2, -0.15) is 0 Å². The topological polar surface area (TPSA) is 133 Å². The summed E-state index contributed by atoms with van der Waals surface area (Å²) >= 11 is 8.77. The van der Waals surface area contributed by atoms with Gasteiger partial charge in [0.2, 0.25) is 0 Å². The molecule has 0 aromatic heterocycles. The summed E-state index contributed by atoms with van der Waals surface area (Å²) in [7, 11) is 0. The summed E-state index contributed by atoms with van der Waals surface area (Å²) in [4.78, 5) is 24.9. The molecule has 0 radical (unpaired) electrons. The van der Waals surface area contributed by atoms with Crippen molar-refractivity contribution in [2.45, 2.75) is 19.6 Å². The van der Waals surface area contributed by atoms with Crippen molar-refractivity contribution in [3.63, 3.8) is 0 Å². The van der Waals surface area contributed by atoms with E-state index in [0.717, 1.165) is 20.2 Å². The summed E-state index contributed by atoms with van der Waals surface area (Å²) in [6, 6.07) is 24.0. The van der Waals surface area contributed by atoms with Crippen LogP contribution in [0.3, 0.4) is 0 Å². The van der Waals surface area contributed by atoms with Crippen molar-refractivity contribution in [2.24, 2.45) is 11.5 Å². The van der Waals surface area contributed by atoms with E-state index in [1.54, 1.807) is 42.1 Å². The average Bonchev–Trinajstić information content (AvgIpc) is 3.01. The van der Waals surface area contributed by atoms with Gasteiger partial charge in [-0.15, -0.1) is 0 Å². The van der Waals surface area contributed by atoms with Gasteiger partial charge in [-0.1, -0.05) is 83.7 Å². The molecule has 0 saturated carbocycles. The third kappa shape index (κ3) is 11.9. The second-order valence-corrected chi connectivity index (χ2v) is 11.6. The minimum absolute atomic E-state index is 0.0370. The predicted molar refractivity (Wildman–Crippen MR) is 173 cm³/mol. The van der Waals surface area contributed by atoms with Crippen LogP contribution < -0.4 is 11.5 Å². The summed E-state index contributed by atoms with van der Waals surface area (Å²) in [5, 5.41) is 19.9. The van der Waals surface area contributed by atoms with Crippen molar-refractivity contribution < 1.29 is 28.8 Å². The number of carbonyl (C=O) groups is 2. The van der Waals surface area contributed by atoms with E-state index in [1.807, 2.05) is 54.6 Å². The third-order valence-corrected chi connectivity index (χ3v) is 8.10. The maximum Gasteiger partial charge on any atom is 0.338 e. The highest BCUT2D eigenvalue weighted by Gasteiger charge is 2.09. The van der Waals surface area contributed by atoms with Crippen LogP contribution in [0.15, 0.2) is 123 Å². The number of urea groups is 2. The number of nitrogens with zero attached hydrogens (tertiary/aromatic N) is 2. The van der Waals surface area contributed by atoms with Crippen LogP contribution in [0.2, 0.25) is 5.02 Å². The second kappa shape index (κ2) is 17.8. The van der Waals surface area contributed by atoms with Crippen molar-refractivity contribution in [3.8, 4) is 0 Å². The van der Waals surface area contributed by atoms with Crippen LogP contribution in [0.1, 0.15) is 11.1 Å². The largest absolute Gasteiger partial charge is 0.350 e. The maximum atomic E-state index is 14.0. The monoisotopic (exact) mass is 670 g/mol. The Labute approximate surface area is 272 Å². The number of hydrogen-bond acceptors (Lipinski definition) is 6. The molecule has 0 saturated heterocycles. The molecular formula is C32H29ClF2N4O4S2. The quantitative estimate of drug-likeness (QED) is 0.0994. The van der Waals surface area contributed by atoms with Gasteiger partial charge in [-0.3, -0.25) is 10.4 Å². The Morgan fingerprint density at radius 1 is 0.711 bits per heavy atom. The Bertz CT molecular complexity index is 1640. The van der Waals surface area contributed by atoms with E-state index in [4.69, 9.17) is 23.1 Å². The number of carbonyl (C=O) groups excluding carboxylic acids is 2. The van der Waals surface area contributed by atoms with Gasteiger partial charge in [0.05, 0.1) is 13.1 Å². The molecule has 8 nitrogen and oxygen atoms in total. The first-order chi connectivity index (χ1) is 21.5. The van der Waals surface area contributed by atoms with Gasteiger partial charge >= 0.3 is 12.1 Å². The summed E-state index contributed by atoms with van der Waals surface area (Å²) in [5.41, 5.74) is 11.1. The van der Waals surface area contributed by atoms with Crippen molar-refractivity contribution >= 4 is 59.3 Å². The SMILES string of the molecule is NC(=O)N(O)CC=Cc1c(F)cccc1Sc1ccc(F)cc1.NC(=O)N(O)CC=Cc1ccccc1Sc1ccc(Cl)cc1. The molecule has 45 heavy (non-hydrogen) atoms. The lowest BCUT2D eigenvalue weighted by molar-refractivity contribution is -0.0286. The Morgan fingerprint density at radius 3 is 1.82 bits per heavy atom. The van der Waals surface area contributed by atoms with Crippen molar-refractivity contribution in [2.75, 3.05) is 13.1 Å². The van der Waals surface area contributed by atoms with Gasteiger partial charge in [0.1, 0.15) is 11.6 Å². The molecule has 0 heterocycles. The van der Waals surface area contributed by atoms with E-state index in [9.17, 15) is 28.8 Å². The molecule has 0 bridgehead atoms. The predicted octanol–water partition coefficient (Wildman–Crippen LogP) is 8.17. The van der Waals surface area contributed by atoms with Gasteiger partial charge in [0, 0.05) is 30.2 Å². The lowest BCUT2D eigenvalue weighted by atomic mass is 10.2. The normalized spacial score (nSPS) is 10.9. The lowest BCUT2D eigenvalue weighted by Gasteiger charge is -2.09. The smallest absolute Gasteiger partial charge is 0.338 e. The first-order valence-electron chi connectivity index (χ1n) is 13.1. The minimum atomic E-state index is -0.996. The molecule has 4 rings (SSSR count). The summed E-state index contributed by atoms with van der Waals surface area (Å²) < 4.78 is 26.9. The zero-order chi connectivity index (χ0) is 32.8. The fraction of sp³-hybridized carbons (Fsp3) is 0.0625. The van der Waals surface area contributed by atoms with E-state index in [2.05, 4.69) is 0 Å². The zero-order valence-corrected chi connectivity index (χ0v) is 26.0. The van der Waals surface area contributed by atoms with Crippen molar-refractivity contribution in [1.29, 1.82) is 0 Å². The van der Waals surface area contributed by atoms with E-state index >= 15 is 0 Å². The van der Waals surface area contributed by atoms with Gasteiger partial charge in [-0.25, -0.2) is 28.5 Å². The molecule has 234 valence electrons. The highest BCUT2D eigenvalue weighted by molar-refractivity contribution is 7.99. The van der Waals surface area contributed by atoms with Crippen LogP contribution in [-0.2, 0) is 0 Å². The molecule has 4 amide bonds. The number of primary amides is 2. The molecular weight excluding hydrogens is 642 g/mol. The minimum Gasteiger partial charge on any atom is -0.350 e. The van der Waals surface area contributed by atoms with Crippen LogP contribution in [0.25, 0.3) is 12.2 Å². The highest BCUT2D eigenvalue weighted by Crippen LogP contribution is 2.33. The molecule has 0 atom stereocenters. The third-order valence-electron chi connectivity index (χ3n) is 5.66. The average molecular weight is 671 g/mol. The second-order valence-electron chi connectivity index (χ2n) is 8.95. The van der Waals surface area contributed by atoms with Crippen LogP contribution in [-0.4, -0.2) is 45.7 Å². The molecule has 13 heteroatoms. The number of benzene rings is 4. The van der Waals surface area contributed by atoms with Crippen LogP contribution in [0, 0.1) is 11.6 Å². The first-order valence-corrected chi connectivity index (χ1v) is 15.1. The fourth-order valence-electron chi connectivity index (χ4n) is 3.47. The van der Waals surface area contributed by atoms with Crippen molar-refractivity contribution in [1.82, 2.24) is 10.1 Å². The van der Waals surface area contributed by atoms with Crippen LogP contribution >= 0.6 is 35.1 Å². The fourth-order valence-corrected chi connectivity index (χ4v) is 5.47. The first kappa shape index (κ1) is 35.2. The number of rotatable bonds is 10. The van der Waals surface area contributed by atoms with Crippen LogP contribution in [0.5, 0.6) is 0 Å². The van der Waals surface area contributed by atoms with E-state index in [0.29, 0.717) is 25.6 Å². The number of halogens is 3. The molecule has 0 aliphatic rings. The number of nitrogens with two attached hydrogens (primary N) is 2. The van der Waals surface area contributed by atoms with Crippen molar-refractivity contribution in [3.05, 3.63) is 131 Å². The molecule has 0 aliphatic carbocycles. The Morgan fingerprint density at radius 2 is 1.22 bits per heavy atom. The Balaban J connectivity index is 0.000000246. The van der Waals surface area contributed by atoms with Gasteiger partial charge in [0.25, 0.3) is 0 Å². The number of amides is 4.